The van der Waals surface area contributed by atoms with E-state index in [1.54, 1.807) is 12.1 Å². The summed E-state index contributed by atoms with van der Waals surface area (Å²) in [6.45, 7) is 0.00481. The highest BCUT2D eigenvalue weighted by Crippen LogP contribution is 2.20. The van der Waals surface area contributed by atoms with Crippen LogP contribution in [0.2, 0.25) is 4.34 Å². The molecule has 0 fully saturated rings. The Bertz CT molecular complexity index is 364. The molecule has 0 spiro atoms. The minimum atomic E-state index is -0.298. The molecule has 1 amide bonds. The predicted molar refractivity (Wildman–Crippen MR) is 55.1 cm³/mol. The molecule has 1 rings (SSSR count). The van der Waals surface area contributed by atoms with Crippen LogP contribution in [0.3, 0.4) is 0 Å². The van der Waals surface area contributed by atoms with Crippen molar-refractivity contribution < 1.29 is 10.0 Å². The number of carbonyl (C=O) groups excluding carboxylic acids is 1. The van der Waals surface area contributed by atoms with Crippen LogP contribution in [0.4, 0.5) is 0 Å². The number of carbonyl (C=O) groups is 1. The van der Waals surface area contributed by atoms with Crippen molar-refractivity contribution in [3.8, 4) is 0 Å². The van der Waals surface area contributed by atoms with Gasteiger partial charge in [-0.25, -0.2) is 0 Å². The van der Waals surface area contributed by atoms with E-state index in [4.69, 9.17) is 22.5 Å². The van der Waals surface area contributed by atoms with Crippen LogP contribution in [0.5, 0.6) is 0 Å². The van der Waals surface area contributed by atoms with Crippen molar-refractivity contribution in [1.29, 1.82) is 0 Å². The lowest BCUT2D eigenvalue weighted by atomic mass is 10.4. The van der Waals surface area contributed by atoms with Gasteiger partial charge in [0.1, 0.15) is 0 Å². The molecule has 0 unspecified atom stereocenters. The quantitative estimate of drug-likeness (QED) is 0.313. The van der Waals surface area contributed by atoms with Crippen molar-refractivity contribution in [3.05, 3.63) is 21.3 Å². The number of halogens is 1. The van der Waals surface area contributed by atoms with Gasteiger partial charge in [0.25, 0.3) is 5.91 Å². The molecular weight excluding hydrogens is 226 g/mol. The summed E-state index contributed by atoms with van der Waals surface area (Å²) in [4.78, 5) is 11.8. The van der Waals surface area contributed by atoms with Gasteiger partial charge in [0.05, 0.1) is 15.8 Å². The summed E-state index contributed by atoms with van der Waals surface area (Å²) in [5, 5.41) is 13.4. The van der Waals surface area contributed by atoms with Gasteiger partial charge >= 0.3 is 0 Å². The van der Waals surface area contributed by atoms with Gasteiger partial charge in [0, 0.05) is 0 Å². The first-order valence-corrected chi connectivity index (χ1v) is 4.83. The third-order valence-corrected chi connectivity index (χ3v) is 2.59. The molecule has 0 aromatic carbocycles. The Morgan fingerprint density at radius 3 is 2.93 bits per heavy atom. The highest BCUT2D eigenvalue weighted by atomic mass is 35.5. The summed E-state index contributed by atoms with van der Waals surface area (Å²) in [5.41, 5.74) is 5.17. The molecule has 0 radical (unpaired) electrons. The van der Waals surface area contributed by atoms with Gasteiger partial charge in [-0.15, -0.1) is 11.3 Å². The van der Waals surface area contributed by atoms with Crippen molar-refractivity contribution in [3.63, 3.8) is 0 Å². The fourth-order valence-corrected chi connectivity index (χ4v) is 1.69. The first-order valence-electron chi connectivity index (χ1n) is 3.63. The normalized spacial score (nSPS) is 11.4. The van der Waals surface area contributed by atoms with Gasteiger partial charge in [-0.2, -0.15) is 0 Å². The number of nitrogens with two attached hydrogens (primary N) is 1. The van der Waals surface area contributed by atoms with Gasteiger partial charge in [0.2, 0.25) is 0 Å². The number of nitrogens with one attached hydrogen (secondary N) is 1. The molecule has 76 valence electrons. The van der Waals surface area contributed by atoms with E-state index in [9.17, 15) is 4.79 Å². The van der Waals surface area contributed by atoms with Gasteiger partial charge in [-0.1, -0.05) is 16.8 Å². The molecule has 4 N–H and O–H groups in total. The molecule has 0 saturated heterocycles. The lowest BCUT2D eigenvalue weighted by molar-refractivity contribution is 0.0963. The lowest BCUT2D eigenvalue weighted by Gasteiger charge is -2.00. The van der Waals surface area contributed by atoms with E-state index in [1.807, 2.05) is 0 Å². The average Bonchev–Trinajstić information content (AvgIpc) is 2.60. The van der Waals surface area contributed by atoms with E-state index in [0.717, 1.165) is 0 Å². The van der Waals surface area contributed by atoms with Gasteiger partial charge in [-0.05, 0) is 12.1 Å². The summed E-state index contributed by atoms with van der Waals surface area (Å²) in [7, 11) is 0. The number of amides is 1. The molecule has 1 aromatic heterocycles. The average molecular weight is 234 g/mol. The SMILES string of the molecule is N/C(CNC(=O)c1ccc(Cl)s1)=N/O. The second-order valence-corrected chi connectivity index (χ2v) is 4.09. The Morgan fingerprint density at radius 2 is 2.43 bits per heavy atom. The van der Waals surface area contributed by atoms with E-state index in [1.165, 1.54) is 11.3 Å². The van der Waals surface area contributed by atoms with Crippen LogP contribution in [-0.4, -0.2) is 23.5 Å². The Kier molecular flexibility index (Phi) is 3.73. The molecule has 0 bridgehead atoms. The molecule has 1 aromatic rings. The van der Waals surface area contributed by atoms with Gasteiger partial charge in [-0.3, -0.25) is 4.79 Å². The number of hydrogen-bond acceptors (Lipinski definition) is 4. The molecule has 0 atom stereocenters. The molecule has 0 aliphatic carbocycles. The summed E-state index contributed by atoms with van der Waals surface area (Å²) < 4.78 is 0.541. The zero-order valence-corrected chi connectivity index (χ0v) is 8.60. The van der Waals surface area contributed by atoms with E-state index < -0.39 is 0 Å². The van der Waals surface area contributed by atoms with Crippen LogP contribution in [-0.2, 0) is 0 Å². The van der Waals surface area contributed by atoms with Crippen LogP contribution in [0.15, 0.2) is 17.3 Å². The molecule has 0 aliphatic rings. The van der Waals surface area contributed by atoms with Crippen LogP contribution >= 0.6 is 22.9 Å². The van der Waals surface area contributed by atoms with Crippen LogP contribution < -0.4 is 11.1 Å². The number of hydrogen-bond donors (Lipinski definition) is 3. The van der Waals surface area contributed by atoms with Crippen molar-refractivity contribution in [2.24, 2.45) is 10.9 Å². The largest absolute Gasteiger partial charge is 0.409 e. The Balaban J connectivity index is 2.51. The maximum atomic E-state index is 11.3. The second-order valence-electron chi connectivity index (χ2n) is 2.38. The van der Waals surface area contributed by atoms with Crippen LogP contribution in [0.25, 0.3) is 0 Å². The summed E-state index contributed by atoms with van der Waals surface area (Å²) >= 11 is 6.81. The van der Waals surface area contributed by atoms with Gasteiger partial charge in [0.15, 0.2) is 5.84 Å². The fourth-order valence-electron chi connectivity index (χ4n) is 0.730. The molecule has 0 aliphatic heterocycles. The summed E-state index contributed by atoms with van der Waals surface area (Å²) in [6.07, 6.45) is 0. The third kappa shape index (κ3) is 2.90. The number of nitrogens with zero attached hydrogens (tertiary/aromatic N) is 1. The Morgan fingerprint density at radius 1 is 1.71 bits per heavy atom. The molecule has 14 heavy (non-hydrogen) atoms. The van der Waals surface area contributed by atoms with Crippen molar-refractivity contribution >= 4 is 34.7 Å². The minimum absolute atomic E-state index is 0.00481. The second kappa shape index (κ2) is 4.83. The summed E-state index contributed by atoms with van der Waals surface area (Å²) in [6, 6.07) is 3.24. The van der Waals surface area contributed by atoms with E-state index in [2.05, 4.69) is 10.5 Å². The zero-order chi connectivity index (χ0) is 10.6. The molecule has 0 saturated carbocycles. The lowest BCUT2D eigenvalue weighted by Crippen LogP contribution is -2.33. The monoisotopic (exact) mass is 233 g/mol. The maximum absolute atomic E-state index is 11.3. The first-order chi connectivity index (χ1) is 6.63. The Labute approximate surface area is 89.2 Å². The van der Waals surface area contributed by atoms with Crippen LogP contribution in [0.1, 0.15) is 9.67 Å². The standard InChI is InChI=1S/C7H8ClN3O2S/c8-5-2-1-4(14-5)7(12)10-3-6(9)11-13/h1-2,13H,3H2,(H2,9,11)(H,10,12). The predicted octanol–water partition coefficient (Wildman–Crippen LogP) is 0.878. The number of rotatable bonds is 3. The Hall–Kier alpha value is -1.27. The number of amidine groups is 1. The molecule has 7 heteroatoms. The smallest absolute Gasteiger partial charge is 0.261 e. The topological polar surface area (TPSA) is 87.7 Å². The first kappa shape index (κ1) is 10.8. The van der Waals surface area contributed by atoms with E-state index in [0.29, 0.717) is 9.21 Å². The van der Waals surface area contributed by atoms with Crippen LogP contribution in [0, 0.1) is 0 Å². The van der Waals surface area contributed by atoms with Crippen molar-refractivity contribution in [2.75, 3.05) is 6.54 Å². The molecular formula is C7H8ClN3O2S. The molecule has 1 heterocycles. The van der Waals surface area contributed by atoms with E-state index in [-0.39, 0.29) is 18.3 Å². The zero-order valence-electron chi connectivity index (χ0n) is 7.03. The third-order valence-electron chi connectivity index (χ3n) is 1.36. The minimum Gasteiger partial charge on any atom is -0.409 e. The van der Waals surface area contributed by atoms with Crippen molar-refractivity contribution in [2.45, 2.75) is 0 Å². The molecule has 5 nitrogen and oxygen atoms in total. The van der Waals surface area contributed by atoms with Gasteiger partial charge < -0.3 is 16.3 Å². The highest BCUT2D eigenvalue weighted by Gasteiger charge is 2.08. The number of thiophene rings is 1. The maximum Gasteiger partial charge on any atom is 0.261 e. The highest BCUT2D eigenvalue weighted by molar-refractivity contribution is 7.17. The fraction of sp³-hybridized carbons (Fsp3) is 0.143. The number of oxime groups is 1. The summed E-state index contributed by atoms with van der Waals surface area (Å²) in [5.74, 6) is -0.352. The van der Waals surface area contributed by atoms with Crippen molar-refractivity contribution in [1.82, 2.24) is 5.32 Å². The van der Waals surface area contributed by atoms with E-state index >= 15 is 0 Å².